The van der Waals surface area contributed by atoms with E-state index < -0.39 is 0 Å². The van der Waals surface area contributed by atoms with Gasteiger partial charge < -0.3 is 15.3 Å². The molecule has 0 fully saturated rings. The zero-order valence-electron chi connectivity index (χ0n) is 35.9. The zero-order valence-corrected chi connectivity index (χ0v) is 35.9. The SMILES string of the molecule is C=C(C)CC[C@@H]1c2nc(cc3[nH]c(cc4nc(cc5[nH]c(c2CC(=C)CC)c(C(=C)NCCC(=C)CC(C)(C)C)c5C)C(CC)=C4C)c(/C=C/C)c3C)[C@H]1C. The number of nitrogens with zero attached hydrogens (tertiary/aromatic N) is 2. The number of aromatic nitrogens is 4. The monoisotopic (exact) mass is 738 g/mol. The molecule has 0 aliphatic carbocycles. The second-order valence-electron chi connectivity index (χ2n) is 17.4. The van der Waals surface area contributed by atoms with Gasteiger partial charge in [0.05, 0.1) is 22.6 Å². The smallest absolute Gasteiger partial charge is 0.0693 e. The Morgan fingerprint density at radius 1 is 0.891 bits per heavy atom. The second kappa shape index (κ2) is 17.0. The quantitative estimate of drug-likeness (QED) is 0.144. The largest absolute Gasteiger partial charge is 0.385 e. The first-order valence-corrected chi connectivity index (χ1v) is 20.5. The lowest BCUT2D eigenvalue weighted by Gasteiger charge is -2.20. The van der Waals surface area contributed by atoms with E-state index in [2.05, 4.69) is 142 Å². The van der Waals surface area contributed by atoms with Crippen LogP contribution in [0.15, 0.2) is 67.3 Å². The van der Waals surface area contributed by atoms with Gasteiger partial charge in [-0.05, 0) is 125 Å². The lowest BCUT2D eigenvalue weighted by Crippen LogP contribution is -2.16. The van der Waals surface area contributed by atoms with Crippen molar-refractivity contribution in [2.45, 2.75) is 133 Å². The number of allylic oxidation sites excluding steroid dienone is 5. The molecule has 0 unspecified atom stereocenters. The number of rotatable bonds is 14. The second-order valence-corrected chi connectivity index (χ2v) is 17.4. The van der Waals surface area contributed by atoms with Crippen molar-refractivity contribution >= 4 is 45.0 Å². The zero-order chi connectivity index (χ0) is 40.4. The Kier molecular flexibility index (Phi) is 12.8. The summed E-state index contributed by atoms with van der Waals surface area (Å²) in [6, 6.07) is 6.77. The van der Waals surface area contributed by atoms with E-state index in [1.165, 1.54) is 44.6 Å². The van der Waals surface area contributed by atoms with Crippen LogP contribution in [0.25, 0.3) is 45.0 Å². The van der Waals surface area contributed by atoms with Crippen molar-refractivity contribution < 1.29 is 0 Å². The Morgan fingerprint density at radius 2 is 1.58 bits per heavy atom. The molecule has 5 heteroatoms. The first-order chi connectivity index (χ1) is 26.0. The molecule has 2 atom stereocenters. The maximum absolute atomic E-state index is 5.63. The van der Waals surface area contributed by atoms with Crippen LogP contribution in [-0.2, 0) is 6.42 Å². The molecular formula is C50H67N5. The molecule has 2 aliphatic heterocycles. The predicted octanol–water partition coefficient (Wildman–Crippen LogP) is 14.0. The van der Waals surface area contributed by atoms with Crippen molar-refractivity contribution in [2.75, 3.05) is 6.54 Å². The van der Waals surface area contributed by atoms with E-state index >= 15 is 0 Å². The molecule has 0 saturated heterocycles. The summed E-state index contributed by atoms with van der Waals surface area (Å²) >= 11 is 0. The van der Waals surface area contributed by atoms with Crippen molar-refractivity contribution in [1.82, 2.24) is 25.3 Å². The van der Waals surface area contributed by atoms with Crippen LogP contribution >= 0.6 is 0 Å². The van der Waals surface area contributed by atoms with Gasteiger partial charge in [0.15, 0.2) is 0 Å². The Labute approximate surface area is 332 Å². The van der Waals surface area contributed by atoms with Crippen LogP contribution in [0.2, 0.25) is 0 Å². The highest BCUT2D eigenvalue weighted by atomic mass is 14.9. The number of H-pyrrole nitrogens is 2. The summed E-state index contributed by atoms with van der Waals surface area (Å²) in [6.45, 7) is 43.2. The van der Waals surface area contributed by atoms with E-state index in [1.54, 1.807) is 0 Å². The Morgan fingerprint density at radius 3 is 2.22 bits per heavy atom. The van der Waals surface area contributed by atoms with E-state index in [1.807, 2.05) is 0 Å². The Bertz CT molecular complexity index is 2240. The summed E-state index contributed by atoms with van der Waals surface area (Å²) < 4.78 is 0. The number of hydrogen-bond donors (Lipinski definition) is 3. The lowest BCUT2D eigenvalue weighted by atomic mass is 9.83. The van der Waals surface area contributed by atoms with Crippen molar-refractivity contribution in [3.05, 3.63) is 118 Å². The summed E-state index contributed by atoms with van der Waals surface area (Å²) in [5.74, 6) is 0.429. The highest BCUT2D eigenvalue weighted by molar-refractivity contribution is 5.94. The predicted molar refractivity (Wildman–Crippen MR) is 241 cm³/mol. The molecule has 0 spiro atoms. The van der Waals surface area contributed by atoms with Crippen molar-refractivity contribution in [1.29, 1.82) is 0 Å². The summed E-state index contributed by atoms with van der Waals surface area (Å²) in [6.07, 6.45) is 10.6. The third-order valence-corrected chi connectivity index (χ3v) is 11.6. The van der Waals surface area contributed by atoms with Gasteiger partial charge in [-0.1, -0.05) is 90.2 Å². The average molecular weight is 738 g/mol. The molecule has 292 valence electrons. The molecule has 0 radical (unpaired) electrons. The molecule has 3 N–H and O–H groups in total. The summed E-state index contributed by atoms with van der Waals surface area (Å²) in [4.78, 5) is 18.7. The minimum Gasteiger partial charge on any atom is -0.385 e. The van der Waals surface area contributed by atoms with E-state index in [0.717, 1.165) is 113 Å². The Hall–Kier alpha value is -4.64. The first-order valence-electron chi connectivity index (χ1n) is 20.5. The van der Waals surface area contributed by atoms with Crippen molar-refractivity contribution in [3.63, 3.8) is 0 Å². The van der Waals surface area contributed by atoms with Gasteiger partial charge in [0.25, 0.3) is 0 Å². The summed E-state index contributed by atoms with van der Waals surface area (Å²) in [5.41, 5.74) is 21.6. The maximum atomic E-state index is 5.63. The Balaban J connectivity index is 1.91. The van der Waals surface area contributed by atoms with Gasteiger partial charge >= 0.3 is 0 Å². The number of hydrogen-bond acceptors (Lipinski definition) is 3. The topological polar surface area (TPSA) is 69.4 Å². The van der Waals surface area contributed by atoms with Gasteiger partial charge in [-0.3, -0.25) is 4.98 Å². The molecular weight excluding hydrogens is 671 g/mol. The third-order valence-electron chi connectivity index (χ3n) is 11.6. The minimum atomic E-state index is 0.208. The molecule has 55 heavy (non-hydrogen) atoms. The molecule has 5 rings (SSSR count). The third kappa shape index (κ3) is 9.09. The van der Waals surface area contributed by atoms with E-state index in [0.29, 0.717) is 0 Å². The van der Waals surface area contributed by atoms with Crippen LogP contribution < -0.4 is 5.32 Å². The molecule has 3 aromatic rings. The molecule has 5 nitrogen and oxygen atoms in total. The molecule has 5 heterocycles. The molecule has 8 bridgehead atoms. The van der Waals surface area contributed by atoms with Gasteiger partial charge in [0.1, 0.15) is 0 Å². The van der Waals surface area contributed by atoms with Gasteiger partial charge in [0, 0.05) is 63.0 Å². The van der Waals surface area contributed by atoms with Crippen molar-refractivity contribution in [3.8, 4) is 0 Å². The summed E-state index contributed by atoms with van der Waals surface area (Å²) in [5, 5.41) is 3.73. The molecule has 2 aliphatic rings. The van der Waals surface area contributed by atoms with E-state index in [4.69, 9.17) is 16.5 Å². The molecule has 0 aromatic carbocycles. The van der Waals surface area contributed by atoms with Gasteiger partial charge in [-0.15, -0.1) is 6.58 Å². The van der Waals surface area contributed by atoms with Crippen LogP contribution in [-0.4, -0.2) is 26.5 Å². The summed E-state index contributed by atoms with van der Waals surface area (Å²) in [7, 11) is 0. The minimum absolute atomic E-state index is 0.208. The van der Waals surface area contributed by atoms with Crippen LogP contribution in [0.1, 0.15) is 163 Å². The van der Waals surface area contributed by atoms with Crippen LogP contribution in [0.5, 0.6) is 0 Å². The fraction of sp³-hybridized carbons (Fsp3) is 0.440. The molecule has 3 aromatic heterocycles. The van der Waals surface area contributed by atoms with Crippen LogP contribution in [0.3, 0.4) is 0 Å². The fourth-order valence-corrected chi connectivity index (χ4v) is 8.42. The van der Waals surface area contributed by atoms with Crippen LogP contribution in [0.4, 0.5) is 0 Å². The van der Waals surface area contributed by atoms with Gasteiger partial charge in [-0.2, -0.15) is 0 Å². The average Bonchev–Trinajstić information content (AvgIpc) is 3.79. The highest BCUT2D eigenvalue weighted by Crippen LogP contribution is 2.44. The van der Waals surface area contributed by atoms with Gasteiger partial charge in [0.2, 0.25) is 0 Å². The van der Waals surface area contributed by atoms with Crippen LogP contribution in [0, 0.1) is 19.3 Å². The maximum Gasteiger partial charge on any atom is 0.0693 e. The normalized spacial score (nSPS) is 15.9. The van der Waals surface area contributed by atoms with E-state index in [-0.39, 0.29) is 17.3 Å². The number of nitrogens with one attached hydrogen (secondary N) is 3. The van der Waals surface area contributed by atoms with Crippen molar-refractivity contribution in [2.24, 2.45) is 5.41 Å². The lowest BCUT2D eigenvalue weighted by molar-refractivity contribution is 0.404. The fourth-order valence-electron chi connectivity index (χ4n) is 8.42. The van der Waals surface area contributed by atoms with Gasteiger partial charge in [-0.25, -0.2) is 4.98 Å². The number of aryl methyl sites for hydroxylation is 2. The number of aromatic amines is 2. The van der Waals surface area contributed by atoms with E-state index in [9.17, 15) is 0 Å². The standard InChI is InChI=1S/C50H67N5/c1-16-19-38-33(9)41-25-43-34(10)39(21-20-29(4)5)48(54-43)40(24-30(6)17-2)49-47(36(12)51-23-22-31(7)28-50(13,14)15)35(11)44(55-49)27-45-37(18-3)32(8)42(52-45)26-46(38)53-41/h16,19,25-27,34,39,51,53,55H,4,6-7,12,17-18,20-24,28H2,1-3,5,8-11,13-15H3/b19-16+,41-25?,42-26?,43-25?,44-27?,45-27?,46-26?,48-40?,49-40?/t34-,39-/m0/s1. The first kappa shape index (κ1) is 41.5. The molecule has 0 saturated carbocycles. The number of fused-ring (bicyclic) bond motifs is 8. The highest BCUT2D eigenvalue weighted by Gasteiger charge is 2.32. The molecule has 0 amide bonds.